The van der Waals surface area contributed by atoms with Gasteiger partial charge < -0.3 is 15.2 Å². The quantitative estimate of drug-likeness (QED) is 0.468. The molecule has 1 heterocycles. The number of carboxylic acid groups (broad SMARTS) is 1. The molecule has 0 bridgehead atoms. The van der Waals surface area contributed by atoms with Crippen molar-refractivity contribution >= 4 is 27.6 Å². The lowest BCUT2D eigenvalue weighted by Crippen LogP contribution is -2.30. The van der Waals surface area contributed by atoms with Gasteiger partial charge >= 0.3 is 5.97 Å². The van der Waals surface area contributed by atoms with Gasteiger partial charge in [-0.3, -0.25) is 4.79 Å². The Morgan fingerprint density at radius 2 is 1.82 bits per heavy atom. The highest BCUT2D eigenvalue weighted by atomic mass is 32.2. The molecule has 3 N–H and O–H groups in total. The predicted octanol–water partition coefficient (Wildman–Crippen LogP) is 3.93. The summed E-state index contributed by atoms with van der Waals surface area (Å²) < 4.78 is 36.0. The lowest BCUT2D eigenvalue weighted by Gasteiger charge is -2.18. The van der Waals surface area contributed by atoms with E-state index in [1.165, 1.54) is 22.9 Å². The number of amides is 1. The van der Waals surface area contributed by atoms with Gasteiger partial charge in [0, 0.05) is 23.2 Å². The molecule has 182 valence electrons. The Morgan fingerprint density at radius 1 is 1.18 bits per heavy atom. The van der Waals surface area contributed by atoms with Crippen LogP contribution in [0.5, 0.6) is 11.6 Å². The van der Waals surface area contributed by atoms with Gasteiger partial charge in [0.25, 0.3) is 0 Å². The second-order valence-electron chi connectivity index (χ2n) is 8.46. The first-order valence-electron chi connectivity index (χ1n) is 10.8. The Bertz CT molecular complexity index is 1140. The molecule has 0 radical (unpaired) electrons. The lowest BCUT2D eigenvalue weighted by molar-refractivity contribution is -0.119. The molecule has 0 aliphatic heterocycles. The van der Waals surface area contributed by atoms with E-state index in [1.807, 2.05) is 6.92 Å². The third kappa shape index (κ3) is 6.11. The van der Waals surface area contributed by atoms with E-state index in [2.05, 4.69) is 15.1 Å². The van der Waals surface area contributed by atoms with Crippen LogP contribution >= 0.6 is 0 Å². The number of carboxylic acids is 1. The van der Waals surface area contributed by atoms with Crippen molar-refractivity contribution < 1.29 is 27.9 Å². The Hall–Kier alpha value is -2.92. The summed E-state index contributed by atoms with van der Waals surface area (Å²) in [4.78, 5) is 23.7. The first-order chi connectivity index (χ1) is 15.3. The molecule has 1 aromatic heterocycles. The first kappa shape index (κ1) is 26.3. The number of aromatic carboxylic acids is 1. The molecular formula is C22H32N4O6S. The normalized spacial score (nSPS) is 12.8. The molecule has 2 aromatic rings. The lowest BCUT2D eigenvalue weighted by atomic mass is 10.1. The fourth-order valence-electron chi connectivity index (χ4n) is 2.99. The molecule has 0 saturated heterocycles. The average Bonchev–Trinajstić information content (AvgIpc) is 3.04. The largest absolute Gasteiger partial charge is 0.476 e. The third-order valence-corrected chi connectivity index (χ3v) is 6.62. The van der Waals surface area contributed by atoms with Crippen LogP contribution in [0.25, 0.3) is 0 Å². The van der Waals surface area contributed by atoms with E-state index in [-0.39, 0.29) is 51.7 Å². The highest BCUT2D eigenvalue weighted by Crippen LogP contribution is 2.35. The van der Waals surface area contributed by atoms with Crippen molar-refractivity contribution in [2.24, 2.45) is 5.92 Å². The van der Waals surface area contributed by atoms with Crippen molar-refractivity contribution in [2.45, 2.75) is 71.9 Å². The fraction of sp³-hybridized carbons (Fsp3) is 0.500. The van der Waals surface area contributed by atoms with Crippen LogP contribution in [0.15, 0.2) is 23.1 Å². The minimum absolute atomic E-state index is 0.0217. The summed E-state index contributed by atoms with van der Waals surface area (Å²) in [5.41, 5.74) is 0.392. The van der Waals surface area contributed by atoms with Crippen LogP contribution in [0, 0.1) is 12.8 Å². The number of carbonyl (C=O) groups excluding carboxylic acids is 1. The van der Waals surface area contributed by atoms with Crippen LogP contribution < -0.4 is 14.8 Å². The maximum atomic E-state index is 13.1. The summed E-state index contributed by atoms with van der Waals surface area (Å²) in [5, 5.41) is 16.3. The second-order valence-corrected chi connectivity index (χ2v) is 10.1. The monoisotopic (exact) mass is 480 g/mol. The Kier molecular flexibility index (Phi) is 8.25. The number of aromatic nitrogens is 2. The minimum atomic E-state index is -4.02. The van der Waals surface area contributed by atoms with Crippen molar-refractivity contribution in [3.63, 3.8) is 0 Å². The van der Waals surface area contributed by atoms with Gasteiger partial charge in [0.2, 0.25) is 21.8 Å². The van der Waals surface area contributed by atoms with Crippen molar-refractivity contribution in [2.75, 3.05) is 5.32 Å². The predicted molar refractivity (Wildman–Crippen MR) is 124 cm³/mol. The molecule has 11 heteroatoms. The van der Waals surface area contributed by atoms with Crippen molar-refractivity contribution in [3.8, 4) is 11.6 Å². The molecule has 10 nitrogen and oxygen atoms in total. The Morgan fingerprint density at radius 3 is 2.33 bits per heavy atom. The van der Waals surface area contributed by atoms with E-state index in [0.29, 0.717) is 12.1 Å². The maximum absolute atomic E-state index is 13.1. The van der Waals surface area contributed by atoms with E-state index in [4.69, 9.17) is 4.74 Å². The number of benzene rings is 1. The summed E-state index contributed by atoms with van der Waals surface area (Å²) in [6, 6.07) is 3.66. The fourth-order valence-corrected chi connectivity index (χ4v) is 4.39. The molecule has 0 spiro atoms. The molecule has 0 fully saturated rings. The van der Waals surface area contributed by atoms with Crippen LogP contribution in [0.3, 0.4) is 0 Å². The van der Waals surface area contributed by atoms with Crippen LogP contribution in [0.2, 0.25) is 0 Å². The zero-order valence-electron chi connectivity index (χ0n) is 20.0. The number of ether oxygens (including phenoxy) is 1. The molecule has 1 aromatic carbocycles. The summed E-state index contributed by atoms with van der Waals surface area (Å²) in [5.74, 6) is -1.58. The molecule has 1 atom stereocenters. The maximum Gasteiger partial charge on any atom is 0.356 e. The van der Waals surface area contributed by atoms with Crippen molar-refractivity contribution in [3.05, 3.63) is 29.5 Å². The molecule has 0 unspecified atom stereocenters. The summed E-state index contributed by atoms with van der Waals surface area (Å²) in [6.07, 6.45) is 0.636. The van der Waals surface area contributed by atoms with E-state index < -0.39 is 16.0 Å². The number of anilines is 1. The van der Waals surface area contributed by atoms with Crippen molar-refractivity contribution in [1.29, 1.82) is 0 Å². The number of rotatable bonds is 10. The van der Waals surface area contributed by atoms with Gasteiger partial charge in [-0.05, 0) is 59.2 Å². The van der Waals surface area contributed by atoms with Gasteiger partial charge in [0.05, 0.1) is 6.04 Å². The zero-order chi connectivity index (χ0) is 25.1. The number of hydrogen-bond acceptors (Lipinski definition) is 6. The van der Waals surface area contributed by atoms with E-state index in [9.17, 15) is 23.1 Å². The van der Waals surface area contributed by atoms with Crippen LogP contribution in [0.1, 0.15) is 70.1 Å². The summed E-state index contributed by atoms with van der Waals surface area (Å²) >= 11 is 0. The highest BCUT2D eigenvalue weighted by molar-refractivity contribution is 7.89. The molecular weight excluding hydrogens is 448 g/mol. The first-order valence-corrected chi connectivity index (χ1v) is 12.2. The standard InChI is InChI=1S/C22H32N4O6S/c1-8-14(6)20(27)23-16-9-10-17(18(11-16)33(30,31)25-12(2)3)32-21-15(7)19(22(28)29)24-26(21)13(4)5/h9-14,25H,8H2,1-7H3,(H,23,27)(H,28,29)/t14-/m0/s1. The van der Waals surface area contributed by atoms with E-state index in [1.54, 1.807) is 41.5 Å². The number of sulfonamides is 1. The average molecular weight is 481 g/mol. The topological polar surface area (TPSA) is 140 Å². The Balaban J connectivity index is 2.62. The van der Waals surface area contributed by atoms with E-state index >= 15 is 0 Å². The van der Waals surface area contributed by atoms with Gasteiger partial charge in [0.15, 0.2) is 5.69 Å². The molecule has 1 amide bonds. The molecule has 2 rings (SSSR count). The molecule has 0 aliphatic carbocycles. The summed E-state index contributed by atoms with van der Waals surface area (Å²) in [6.45, 7) is 12.2. The van der Waals surface area contributed by atoms with Crippen LogP contribution in [-0.4, -0.2) is 41.2 Å². The van der Waals surface area contributed by atoms with Crippen LogP contribution in [0.4, 0.5) is 5.69 Å². The molecule has 0 saturated carbocycles. The minimum Gasteiger partial charge on any atom is -0.476 e. The van der Waals surface area contributed by atoms with Gasteiger partial charge in [-0.1, -0.05) is 13.8 Å². The van der Waals surface area contributed by atoms with Gasteiger partial charge in [-0.25, -0.2) is 22.6 Å². The second kappa shape index (κ2) is 10.3. The van der Waals surface area contributed by atoms with Crippen molar-refractivity contribution in [1.82, 2.24) is 14.5 Å². The van der Waals surface area contributed by atoms with Gasteiger partial charge in [-0.15, -0.1) is 0 Å². The van der Waals surface area contributed by atoms with Crippen LogP contribution in [-0.2, 0) is 14.8 Å². The number of nitrogens with zero attached hydrogens (tertiary/aromatic N) is 2. The van der Waals surface area contributed by atoms with E-state index in [0.717, 1.165) is 0 Å². The zero-order valence-corrected chi connectivity index (χ0v) is 20.8. The Labute approximate surface area is 194 Å². The smallest absolute Gasteiger partial charge is 0.356 e. The SMILES string of the molecule is CC[C@H](C)C(=O)Nc1ccc(Oc2c(C)c(C(=O)O)nn2C(C)C)c(S(=O)(=O)NC(C)C)c1. The summed E-state index contributed by atoms with van der Waals surface area (Å²) in [7, 11) is -4.02. The molecule has 0 aliphatic rings. The number of nitrogens with one attached hydrogen (secondary N) is 2. The third-order valence-electron chi connectivity index (χ3n) is 4.94. The number of hydrogen-bond donors (Lipinski definition) is 3. The van der Waals surface area contributed by atoms with Gasteiger partial charge in [0.1, 0.15) is 10.6 Å². The highest BCUT2D eigenvalue weighted by Gasteiger charge is 2.27. The van der Waals surface area contributed by atoms with Gasteiger partial charge in [-0.2, -0.15) is 5.10 Å². The number of carbonyl (C=O) groups is 2. The molecule has 33 heavy (non-hydrogen) atoms.